The molecule has 1 amide bonds. The Balaban J connectivity index is 0.00000242. The molecule has 0 aliphatic heterocycles. The van der Waals surface area contributed by atoms with Crippen molar-refractivity contribution in [1.82, 2.24) is 15.6 Å². The Bertz CT molecular complexity index is 558. The van der Waals surface area contributed by atoms with Crippen LogP contribution in [0.2, 0.25) is 0 Å². The van der Waals surface area contributed by atoms with E-state index < -0.39 is 0 Å². The van der Waals surface area contributed by atoms with Gasteiger partial charge in [-0.3, -0.25) is 4.79 Å². The molecule has 1 aromatic carbocycles. The fourth-order valence-electron chi connectivity index (χ4n) is 2.20. The third-order valence-electron chi connectivity index (χ3n) is 3.29. The van der Waals surface area contributed by atoms with E-state index in [-0.39, 0.29) is 30.7 Å². The van der Waals surface area contributed by atoms with Crippen molar-refractivity contribution in [1.29, 1.82) is 0 Å². The van der Waals surface area contributed by atoms with E-state index in [1.165, 1.54) is 4.70 Å². The summed E-state index contributed by atoms with van der Waals surface area (Å²) < 4.78 is 1.22. The predicted octanol–water partition coefficient (Wildman–Crippen LogP) is 3.58. The van der Waals surface area contributed by atoms with Crippen LogP contribution in [0, 0.1) is 0 Å². The molecule has 0 aliphatic rings. The number of rotatable bonds is 8. The number of fused-ring (bicyclic) bond motifs is 1. The standard InChI is InChI=1S/C16H23N3OS.2ClH/c1-3-17-12(2)11-18-15(20)9-6-10-16-19-13-7-4-5-8-14(13)21-16;;/h4-5,7-8,12,17H,3,6,9-11H2,1-2H3,(H,18,20);2*1H/t12-;;/m1../s1. The molecule has 0 radical (unpaired) electrons. The SMILES string of the molecule is CCN[C@H](C)CNC(=O)CCCc1nc2ccccc2s1.Cl.Cl. The van der Waals surface area contributed by atoms with E-state index >= 15 is 0 Å². The van der Waals surface area contributed by atoms with Gasteiger partial charge in [-0.15, -0.1) is 36.2 Å². The second-order valence-corrected chi connectivity index (χ2v) is 6.31. The quantitative estimate of drug-likeness (QED) is 0.738. The summed E-state index contributed by atoms with van der Waals surface area (Å²) in [7, 11) is 0. The zero-order valence-electron chi connectivity index (χ0n) is 13.5. The molecule has 2 rings (SSSR count). The number of amides is 1. The van der Waals surface area contributed by atoms with E-state index in [2.05, 4.69) is 35.5 Å². The van der Waals surface area contributed by atoms with Crippen molar-refractivity contribution in [3.63, 3.8) is 0 Å². The molecular formula is C16H25Cl2N3OS. The van der Waals surface area contributed by atoms with Gasteiger partial charge in [-0.25, -0.2) is 4.98 Å². The van der Waals surface area contributed by atoms with Crippen LogP contribution < -0.4 is 10.6 Å². The van der Waals surface area contributed by atoms with Crippen LogP contribution in [0.1, 0.15) is 31.7 Å². The maximum Gasteiger partial charge on any atom is 0.220 e. The molecule has 0 aliphatic carbocycles. The Labute approximate surface area is 154 Å². The van der Waals surface area contributed by atoms with Gasteiger partial charge in [0.05, 0.1) is 15.2 Å². The van der Waals surface area contributed by atoms with Gasteiger partial charge in [0, 0.05) is 19.0 Å². The number of aromatic nitrogens is 1. The first-order valence-corrected chi connectivity index (χ1v) is 8.35. The highest BCUT2D eigenvalue weighted by molar-refractivity contribution is 7.18. The molecule has 0 saturated heterocycles. The molecule has 2 aromatic rings. The van der Waals surface area contributed by atoms with Crippen LogP contribution in [0.25, 0.3) is 10.2 Å². The van der Waals surface area contributed by atoms with Gasteiger partial charge >= 0.3 is 0 Å². The average Bonchev–Trinajstić information content (AvgIpc) is 2.88. The Kier molecular flexibility index (Phi) is 11.2. The van der Waals surface area contributed by atoms with Gasteiger partial charge < -0.3 is 10.6 Å². The first-order chi connectivity index (χ1) is 10.2. The molecule has 1 heterocycles. The number of likely N-dealkylation sites (N-methyl/N-ethyl adjacent to an activating group) is 1. The van der Waals surface area contributed by atoms with E-state index in [0.29, 0.717) is 19.0 Å². The summed E-state index contributed by atoms with van der Waals surface area (Å²) in [6.45, 7) is 5.75. The summed E-state index contributed by atoms with van der Waals surface area (Å²) >= 11 is 1.72. The van der Waals surface area contributed by atoms with E-state index in [1.807, 2.05) is 18.2 Å². The second kappa shape index (κ2) is 11.6. The number of hydrogen-bond acceptors (Lipinski definition) is 4. The predicted molar refractivity (Wildman–Crippen MR) is 103 cm³/mol. The molecule has 130 valence electrons. The first kappa shape index (κ1) is 22.1. The largest absolute Gasteiger partial charge is 0.355 e. The van der Waals surface area contributed by atoms with Crippen molar-refractivity contribution in [3.8, 4) is 0 Å². The van der Waals surface area contributed by atoms with Crippen molar-refractivity contribution in [2.24, 2.45) is 0 Å². The van der Waals surface area contributed by atoms with E-state index in [1.54, 1.807) is 11.3 Å². The number of carbonyl (C=O) groups is 1. The average molecular weight is 378 g/mol. The minimum atomic E-state index is 0. The molecule has 4 nitrogen and oxygen atoms in total. The molecule has 7 heteroatoms. The lowest BCUT2D eigenvalue weighted by atomic mass is 10.2. The number of benzene rings is 1. The monoisotopic (exact) mass is 377 g/mol. The maximum atomic E-state index is 11.8. The summed E-state index contributed by atoms with van der Waals surface area (Å²) in [5.41, 5.74) is 1.06. The summed E-state index contributed by atoms with van der Waals surface area (Å²) in [6.07, 6.45) is 2.28. The first-order valence-electron chi connectivity index (χ1n) is 7.53. The highest BCUT2D eigenvalue weighted by atomic mass is 35.5. The number of nitrogens with one attached hydrogen (secondary N) is 2. The highest BCUT2D eigenvalue weighted by Crippen LogP contribution is 2.22. The van der Waals surface area contributed by atoms with Crippen LogP contribution in [0.3, 0.4) is 0 Å². The van der Waals surface area contributed by atoms with Gasteiger partial charge in [-0.2, -0.15) is 0 Å². The Morgan fingerprint density at radius 3 is 2.74 bits per heavy atom. The van der Waals surface area contributed by atoms with Gasteiger partial charge in [0.1, 0.15) is 0 Å². The molecule has 0 fully saturated rings. The van der Waals surface area contributed by atoms with Gasteiger partial charge in [0.25, 0.3) is 0 Å². The Hall–Kier alpha value is -0.880. The highest BCUT2D eigenvalue weighted by Gasteiger charge is 2.06. The fourth-order valence-corrected chi connectivity index (χ4v) is 3.21. The molecule has 1 aromatic heterocycles. The van der Waals surface area contributed by atoms with Crippen LogP contribution in [-0.4, -0.2) is 30.0 Å². The normalized spacial score (nSPS) is 11.4. The van der Waals surface area contributed by atoms with Crippen LogP contribution in [-0.2, 0) is 11.2 Å². The molecule has 2 N–H and O–H groups in total. The number of aryl methyl sites for hydroxylation is 1. The number of para-hydroxylation sites is 1. The van der Waals surface area contributed by atoms with Crippen LogP contribution in [0.15, 0.2) is 24.3 Å². The number of nitrogens with zero attached hydrogens (tertiary/aromatic N) is 1. The third kappa shape index (κ3) is 7.48. The second-order valence-electron chi connectivity index (χ2n) is 5.19. The zero-order valence-corrected chi connectivity index (χ0v) is 16.0. The van der Waals surface area contributed by atoms with Crippen LogP contribution in [0.4, 0.5) is 0 Å². The molecule has 1 atom stereocenters. The van der Waals surface area contributed by atoms with E-state index in [9.17, 15) is 4.79 Å². The number of carbonyl (C=O) groups excluding carboxylic acids is 1. The third-order valence-corrected chi connectivity index (χ3v) is 4.39. The number of hydrogen-bond donors (Lipinski definition) is 2. The van der Waals surface area contributed by atoms with Crippen molar-refractivity contribution in [3.05, 3.63) is 29.3 Å². The van der Waals surface area contributed by atoms with E-state index in [0.717, 1.165) is 29.9 Å². The molecule has 0 spiro atoms. The molecular weight excluding hydrogens is 353 g/mol. The van der Waals surface area contributed by atoms with Crippen molar-refractivity contribution < 1.29 is 4.79 Å². The van der Waals surface area contributed by atoms with Crippen molar-refractivity contribution in [2.75, 3.05) is 13.1 Å². The fraction of sp³-hybridized carbons (Fsp3) is 0.500. The van der Waals surface area contributed by atoms with E-state index in [4.69, 9.17) is 0 Å². The van der Waals surface area contributed by atoms with Gasteiger partial charge in [-0.05, 0) is 38.4 Å². The Morgan fingerprint density at radius 1 is 1.30 bits per heavy atom. The van der Waals surface area contributed by atoms with Crippen LogP contribution in [0.5, 0.6) is 0 Å². The molecule has 0 bridgehead atoms. The Morgan fingerprint density at radius 2 is 2.04 bits per heavy atom. The lowest BCUT2D eigenvalue weighted by Gasteiger charge is -2.12. The lowest BCUT2D eigenvalue weighted by Crippen LogP contribution is -2.38. The summed E-state index contributed by atoms with van der Waals surface area (Å²) in [4.78, 5) is 16.3. The number of halogens is 2. The smallest absolute Gasteiger partial charge is 0.220 e. The number of thiazole rings is 1. The molecule has 0 unspecified atom stereocenters. The summed E-state index contributed by atoms with van der Waals surface area (Å²) in [5.74, 6) is 0.126. The van der Waals surface area contributed by atoms with Crippen LogP contribution >= 0.6 is 36.2 Å². The lowest BCUT2D eigenvalue weighted by molar-refractivity contribution is -0.121. The van der Waals surface area contributed by atoms with Gasteiger partial charge in [-0.1, -0.05) is 19.1 Å². The maximum absolute atomic E-state index is 11.8. The molecule has 23 heavy (non-hydrogen) atoms. The van der Waals surface area contributed by atoms with Crippen molar-refractivity contribution in [2.45, 2.75) is 39.2 Å². The zero-order chi connectivity index (χ0) is 15.1. The molecule has 0 saturated carbocycles. The topological polar surface area (TPSA) is 54.0 Å². The summed E-state index contributed by atoms with van der Waals surface area (Å²) in [6, 6.07) is 8.48. The van der Waals surface area contributed by atoms with Crippen molar-refractivity contribution >= 4 is 52.3 Å². The minimum absolute atomic E-state index is 0. The summed E-state index contributed by atoms with van der Waals surface area (Å²) in [5, 5.41) is 7.35. The van der Waals surface area contributed by atoms with Gasteiger partial charge in [0.2, 0.25) is 5.91 Å². The van der Waals surface area contributed by atoms with Gasteiger partial charge in [0.15, 0.2) is 0 Å². The minimum Gasteiger partial charge on any atom is -0.355 e.